The smallest absolute Gasteiger partial charge is 0.341 e. The monoisotopic (exact) mass is 474 g/mol. The Morgan fingerprint density at radius 2 is 2.06 bits per heavy atom. The fourth-order valence-electron chi connectivity index (χ4n) is 4.94. The van der Waals surface area contributed by atoms with Crippen molar-refractivity contribution in [2.24, 2.45) is 5.92 Å². The number of carbonyl (C=O) groups excluding carboxylic acids is 1. The number of ether oxygens (including phenoxy) is 3. The summed E-state index contributed by atoms with van der Waals surface area (Å²) in [4.78, 5) is 26.4. The number of morpholine rings is 1. The molecule has 34 heavy (non-hydrogen) atoms. The number of carboxylic acids is 1. The van der Waals surface area contributed by atoms with Gasteiger partial charge in [-0.25, -0.2) is 4.79 Å². The second-order valence-electron chi connectivity index (χ2n) is 9.02. The standard InChI is InChI=1S/C26H38N2O6/c1-5-27-24-20(25(32-4)18(3)21-16-34-26(31)23(21)24)9-8-17(2)19(15-22(29)30)7-6-10-28-11-13-33-14-12-28/h8,19,27H,5-7,9-16H2,1-4H3,(H,29,30)/b17-8+. The molecule has 0 amide bonds. The summed E-state index contributed by atoms with van der Waals surface area (Å²) in [5.41, 5.74) is 5.09. The van der Waals surface area contributed by atoms with Crippen LogP contribution in [0.4, 0.5) is 5.69 Å². The van der Waals surface area contributed by atoms with Gasteiger partial charge in [-0.15, -0.1) is 0 Å². The number of carbonyl (C=O) groups is 2. The SMILES string of the molecule is CCNc1c(C/C=C(\C)C(CCCN2CCOCC2)CC(=O)O)c(OC)c(C)c2c1C(=O)OC2. The van der Waals surface area contributed by atoms with Gasteiger partial charge in [0, 0.05) is 30.8 Å². The molecule has 1 atom stereocenters. The molecular weight excluding hydrogens is 436 g/mol. The molecule has 2 heterocycles. The Balaban J connectivity index is 1.81. The summed E-state index contributed by atoms with van der Waals surface area (Å²) < 4.78 is 16.5. The summed E-state index contributed by atoms with van der Waals surface area (Å²) >= 11 is 0. The number of hydrogen-bond acceptors (Lipinski definition) is 7. The van der Waals surface area contributed by atoms with Crippen LogP contribution in [0.25, 0.3) is 0 Å². The number of aliphatic carboxylic acids is 1. The van der Waals surface area contributed by atoms with E-state index in [2.05, 4.69) is 16.3 Å². The van der Waals surface area contributed by atoms with Crippen molar-refractivity contribution in [2.45, 2.75) is 53.1 Å². The molecule has 1 aromatic carbocycles. The van der Waals surface area contributed by atoms with Gasteiger partial charge in [-0.3, -0.25) is 9.69 Å². The molecule has 2 aliphatic rings. The number of esters is 1. The molecular formula is C26H38N2O6. The van der Waals surface area contributed by atoms with Crippen molar-refractivity contribution in [1.29, 1.82) is 0 Å². The average molecular weight is 475 g/mol. The first kappa shape index (κ1) is 26.0. The Kier molecular flexibility index (Phi) is 9.36. The van der Waals surface area contributed by atoms with Crippen molar-refractivity contribution < 1.29 is 28.9 Å². The number of fused-ring (bicyclic) bond motifs is 1. The molecule has 1 saturated heterocycles. The second kappa shape index (κ2) is 12.2. The number of rotatable bonds is 12. The molecule has 0 spiro atoms. The Bertz CT molecular complexity index is 921. The van der Waals surface area contributed by atoms with E-state index in [1.165, 1.54) is 0 Å². The minimum absolute atomic E-state index is 0.0346. The Labute approximate surface area is 202 Å². The molecule has 1 fully saturated rings. The first-order valence-corrected chi connectivity index (χ1v) is 12.2. The summed E-state index contributed by atoms with van der Waals surface area (Å²) in [6, 6.07) is 0. The fourth-order valence-corrected chi connectivity index (χ4v) is 4.94. The van der Waals surface area contributed by atoms with Crippen LogP contribution in [0, 0.1) is 12.8 Å². The van der Waals surface area contributed by atoms with Crippen molar-refractivity contribution in [3.8, 4) is 5.75 Å². The third kappa shape index (κ3) is 6.10. The van der Waals surface area contributed by atoms with Crippen molar-refractivity contribution in [2.75, 3.05) is 51.8 Å². The zero-order valence-electron chi connectivity index (χ0n) is 20.9. The molecule has 1 unspecified atom stereocenters. The Hall–Kier alpha value is -2.58. The maximum absolute atomic E-state index is 12.5. The summed E-state index contributed by atoms with van der Waals surface area (Å²) in [5.74, 6) is -0.386. The molecule has 188 valence electrons. The van der Waals surface area contributed by atoms with Gasteiger partial charge >= 0.3 is 11.9 Å². The van der Waals surface area contributed by atoms with E-state index >= 15 is 0 Å². The minimum Gasteiger partial charge on any atom is -0.496 e. The fraction of sp³-hybridized carbons (Fsp3) is 0.615. The molecule has 8 nitrogen and oxygen atoms in total. The number of carboxylic acid groups (broad SMARTS) is 1. The van der Waals surface area contributed by atoms with Gasteiger partial charge < -0.3 is 24.6 Å². The molecule has 0 aliphatic carbocycles. The van der Waals surface area contributed by atoms with Crippen molar-refractivity contribution in [3.63, 3.8) is 0 Å². The van der Waals surface area contributed by atoms with Crippen LogP contribution in [0.2, 0.25) is 0 Å². The van der Waals surface area contributed by atoms with Crippen LogP contribution in [-0.2, 0) is 27.3 Å². The zero-order chi connectivity index (χ0) is 24.7. The summed E-state index contributed by atoms with van der Waals surface area (Å²) in [5, 5.41) is 12.8. The van der Waals surface area contributed by atoms with Gasteiger partial charge in [-0.05, 0) is 58.1 Å². The van der Waals surface area contributed by atoms with Crippen LogP contribution in [0.1, 0.15) is 60.2 Å². The summed E-state index contributed by atoms with van der Waals surface area (Å²) in [6.45, 7) is 11.2. The second-order valence-corrected chi connectivity index (χ2v) is 9.02. The predicted octanol–water partition coefficient (Wildman–Crippen LogP) is 3.80. The summed E-state index contributed by atoms with van der Waals surface area (Å²) in [7, 11) is 1.64. The zero-order valence-corrected chi connectivity index (χ0v) is 20.9. The van der Waals surface area contributed by atoms with Gasteiger partial charge in [-0.2, -0.15) is 0 Å². The van der Waals surface area contributed by atoms with E-state index in [0.29, 0.717) is 18.5 Å². The number of hydrogen-bond donors (Lipinski definition) is 2. The predicted molar refractivity (Wildman–Crippen MR) is 131 cm³/mol. The highest BCUT2D eigenvalue weighted by Gasteiger charge is 2.31. The van der Waals surface area contributed by atoms with Crippen molar-refractivity contribution in [3.05, 3.63) is 33.9 Å². The van der Waals surface area contributed by atoms with Crippen LogP contribution in [-0.4, -0.2) is 68.4 Å². The summed E-state index contributed by atoms with van der Waals surface area (Å²) in [6.07, 6.45) is 4.50. The van der Waals surface area contributed by atoms with Crippen LogP contribution in [0.5, 0.6) is 5.75 Å². The molecule has 2 N–H and O–H groups in total. The highest BCUT2D eigenvalue weighted by Crippen LogP contribution is 2.41. The van der Waals surface area contributed by atoms with Gasteiger partial charge in [0.15, 0.2) is 0 Å². The number of methoxy groups -OCH3 is 1. The van der Waals surface area contributed by atoms with Crippen LogP contribution in [0.3, 0.4) is 0 Å². The van der Waals surface area contributed by atoms with E-state index in [1.807, 2.05) is 20.8 Å². The third-order valence-electron chi connectivity index (χ3n) is 6.85. The lowest BCUT2D eigenvalue weighted by atomic mass is 9.89. The van der Waals surface area contributed by atoms with E-state index in [1.54, 1.807) is 7.11 Å². The van der Waals surface area contributed by atoms with Gasteiger partial charge in [0.05, 0.1) is 38.0 Å². The maximum atomic E-state index is 12.5. The van der Waals surface area contributed by atoms with E-state index < -0.39 is 5.97 Å². The number of cyclic esters (lactones) is 1. The number of anilines is 1. The van der Waals surface area contributed by atoms with Crippen LogP contribution in [0.15, 0.2) is 11.6 Å². The van der Waals surface area contributed by atoms with E-state index in [0.717, 1.165) is 79.4 Å². The van der Waals surface area contributed by atoms with Crippen molar-refractivity contribution in [1.82, 2.24) is 4.90 Å². The molecule has 3 rings (SSSR count). The van der Waals surface area contributed by atoms with Gasteiger partial charge in [-0.1, -0.05) is 11.6 Å². The molecule has 1 aromatic rings. The van der Waals surface area contributed by atoms with E-state index in [4.69, 9.17) is 14.2 Å². The minimum atomic E-state index is -0.786. The quantitative estimate of drug-likeness (QED) is 0.349. The molecule has 0 radical (unpaired) electrons. The molecule has 0 saturated carbocycles. The lowest BCUT2D eigenvalue weighted by Crippen LogP contribution is -2.37. The van der Waals surface area contributed by atoms with E-state index in [9.17, 15) is 14.7 Å². The van der Waals surface area contributed by atoms with E-state index in [-0.39, 0.29) is 24.9 Å². The highest BCUT2D eigenvalue weighted by molar-refractivity contribution is 6.01. The number of allylic oxidation sites excluding steroid dienone is 2. The molecule has 0 bridgehead atoms. The highest BCUT2D eigenvalue weighted by atomic mass is 16.5. The van der Waals surface area contributed by atoms with Gasteiger partial charge in [0.2, 0.25) is 0 Å². The number of nitrogens with one attached hydrogen (secondary N) is 1. The Morgan fingerprint density at radius 1 is 1.32 bits per heavy atom. The van der Waals surface area contributed by atoms with Gasteiger partial charge in [0.1, 0.15) is 12.4 Å². The lowest BCUT2D eigenvalue weighted by molar-refractivity contribution is -0.137. The first-order valence-electron chi connectivity index (χ1n) is 12.2. The molecule has 2 aliphatic heterocycles. The van der Waals surface area contributed by atoms with Crippen LogP contribution >= 0.6 is 0 Å². The lowest BCUT2D eigenvalue weighted by Gasteiger charge is -2.27. The normalized spacial score (nSPS) is 17.3. The largest absolute Gasteiger partial charge is 0.496 e. The molecule has 8 heteroatoms. The Morgan fingerprint density at radius 3 is 2.71 bits per heavy atom. The number of nitrogens with zero attached hydrogens (tertiary/aromatic N) is 1. The van der Waals surface area contributed by atoms with Gasteiger partial charge in [0.25, 0.3) is 0 Å². The number of benzene rings is 1. The topological polar surface area (TPSA) is 97.3 Å². The third-order valence-corrected chi connectivity index (χ3v) is 6.85. The first-order chi connectivity index (χ1) is 16.4. The van der Waals surface area contributed by atoms with Crippen molar-refractivity contribution >= 4 is 17.6 Å². The molecule has 0 aromatic heterocycles. The average Bonchev–Trinajstić information content (AvgIpc) is 3.21. The maximum Gasteiger partial charge on any atom is 0.341 e. The van der Waals surface area contributed by atoms with Crippen LogP contribution < -0.4 is 10.1 Å².